The molecular weight excluding hydrogens is 253 g/mol. The quantitative estimate of drug-likeness (QED) is 0.860. The minimum absolute atomic E-state index is 0.164. The molecule has 0 radical (unpaired) electrons. The lowest BCUT2D eigenvalue weighted by molar-refractivity contribution is -0.117. The van der Waals surface area contributed by atoms with Crippen molar-refractivity contribution in [1.82, 2.24) is 0 Å². The number of hydrogen-bond acceptors (Lipinski definition) is 1. The highest BCUT2D eigenvalue weighted by molar-refractivity contribution is 5.95. The summed E-state index contributed by atoms with van der Waals surface area (Å²) in [7, 11) is 0. The molecule has 0 saturated carbocycles. The van der Waals surface area contributed by atoms with Gasteiger partial charge in [0.15, 0.2) is 0 Å². The number of benzene rings is 2. The van der Waals surface area contributed by atoms with E-state index in [0.717, 1.165) is 18.4 Å². The van der Waals surface area contributed by atoms with Crippen molar-refractivity contribution in [3.8, 4) is 0 Å². The van der Waals surface area contributed by atoms with Gasteiger partial charge in [-0.25, -0.2) is 4.39 Å². The standard InChI is InChI=1S/C17H18FNO/c1-2-8-14(13-9-4-3-5-10-13)17(20)19-16-12-7-6-11-15(16)18/h3-7,9-12,14H,2,8H2,1H3,(H,19,20). The minimum Gasteiger partial charge on any atom is -0.323 e. The van der Waals surface area contributed by atoms with Gasteiger partial charge in [-0.3, -0.25) is 4.79 Å². The molecule has 1 unspecified atom stereocenters. The van der Waals surface area contributed by atoms with E-state index in [1.165, 1.54) is 6.07 Å². The van der Waals surface area contributed by atoms with Crippen molar-refractivity contribution in [1.29, 1.82) is 0 Å². The first-order valence-corrected chi connectivity index (χ1v) is 6.82. The number of amides is 1. The van der Waals surface area contributed by atoms with Crippen LogP contribution in [0.5, 0.6) is 0 Å². The summed E-state index contributed by atoms with van der Waals surface area (Å²) in [6.07, 6.45) is 1.63. The molecule has 0 aromatic heterocycles. The van der Waals surface area contributed by atoms with E-state index in [-0.39, 0.29) is 17.5 Å². The molecule has 0 aliphatic carbocycles. The maximum absolute atomic E-state index is 13.6. The van der Waals surface area contributed by atoms with Gasteiger partial charge in [0.05, 0.1) is 11.6 Å². The van der Waals surface area contributed by atoms with Crippen LogP contribution in [0.25, 0.3) is 0 Å². The Hall–Kier alpha value is -2.16. The number of halogens is 1. The molecule has 0 saturated heterocycles. The first kappa shape index (κ1) is 14.3. The monoisotopic (exact) mass is 271 g/mol. The Labute approximate surface area is 118 Å². The Morgan fingerprint density at radius 2 is 1.75 bits per heavy atom. The Kier molecular flexibility index (Phi) is 4.88. The van der Waals surface area contributed by atoms with E-state index >= 15 is 0 Å². The van der Waals surface area contributed by atoms with Crippen LogP contribution in [0.3, 0.4) is 0 Å². The van der Waals surface area contributed by atoms with Crippen molar-refractivity contribution in [2.24, 2.45) is 0 Å². The summed E-state index contributed by atoms with van der Waals surface area (Å²) < 4.78 is 13.6. The van der Waals surface area contributed by atoms with E-state index in [0.29, 0.717) is 0 Å². The Morgan fingerprint density at radius 3 is 2.40 bits per heavy atom. The van der Waals surface area contributed by atoms with Gasteiger partial charge in [0.25, 0.3) is 0 Å². The van der Waals surface area contributed by atoms with Gasteiger partial charge < -0.3 is 5.32 Å². The van der Waals surface area contributed by atoms with Gasteiger partial charge in [-0.2, -0.15) is 0 Å². The predicted octanol–water partition coefficient (Wildman–Crippen LogP) is 4.35. The molecule has 3 heteroatoms. The highest BCUT2D eigenvalue weighted by Crippen LogP contribution is 2.24. The SMILES string of the molecule is CCCC(C(=O)Nc1ccccc1F)c1ccccc1. The first-order valence-electron chi connectivity index (χ1n) is 6.82. The molecular formula is C17H18FNO. The third-order valence-corrected chi connectivity index (χ3v) is 3.23. The fourth-order valence-corrected chi connectivity index (χ4v) is 2.21. The number of para-hydroxylation sites is 1. The maximum Gasteiger partial charge on any atom is 0.231 e. The summed E-state index contributed by atoms with van der Waals surface area (Å²) >= 11 is 0. The topological polar surface area (TPSA) is 29.1 Å². The van der Waals surface area contributed by atoms with Crippen LogP contribution in [0.2, 0.25) is 0 Å². The van der Waals surface area contributed by atoms with Crippen LogP contribution in [0.15, 0.2) is 54.6 Å². The minimum atomic E-state index is -0.413. The molecule has 0 aliphatic heterocycles. The summed E-state index contributed by atoms with van der Waals surface area (Å²) in [5.41, 5.74) is 1.19. The van der Waals surface area contributed by atoms with Gasteiger partial charge in [-0.1, -0.05) is 55.8 Å². The van der Waals surface area contributed by atoms with Crippen LogP contribution in [0.1, 0.15) is 31.2 Å². The van der Waals surface area contributed by atoms with Gasteiger partial charge in [-0.15, -0.1) is 0 Å². The number of carbonyl (C=O) groups is 1. The largest absolute Gasteiger partial charge is 0.323 e. The second-order valence-corrected chi connectivity index (χ2v) is 4.72. The lowest BCUT2D eigenvalue weighted by atomic mass is 9.93. The molecule has 0 heterocycles. The summed E-state index contributed by atoms with van der Waals surface area (Å²) in [6, 6.07) is 15.8. The zero-order valence-electron chi connectivity index (χ0n) is 11.5. The third kappa shape index (κ3) is 3.44. The van der Waals surface area contributed by atoms with Crippen LogP contribution < -0.4 is 5.32 Å². The Balaban J connectivity index is 2.18. The highest BCUT2D eigenvalue weighted by Gasteiger charge is 2.20. The fraction of sp³-hybridized carbons (Fsp3) is 0.235. The number of rotatable bonds is 5. The highest BCUT2D eigenvalue weighted by atomic mass is 19.1. The molecule has 2 aromatic rings. The summed E-state index contributed by atoms with van der Waals surface area (Å²) in [4.78, 5) is 12.4. The number of carbonyl (C=O) groups excluding carboxylic acids is 1. The molecule has 1 amide bonds. The summed E-state index contributed by atoms with van der Waals surface area (Å²) in [6.45, 7) is 2.03. The van der Waals surface area contributed by atoms with E-state index in [1.54, 1.807) is 18.2 Å². The first-order chi connectivity index (χ1) is 9.72. The van der Waals surface area contributed by atoms with Crippen molar-refractivity contribution < 1.29 is 9.18 Å². The normalized spacial score (nSPS) is 11.9. The molecule has 1 atom stereocenters. The molecule has 20 heavy (non-hydrogen) atoms. The van der Waals surface area contributed by atoms with Crippen LogP contribution in [-0.2, 0) is 4.79 Å². The Morgan fingerprint density at radius 1 is 1.10 bits per heavy atom. The number of hydrogen-bond donors (Lipinski definition) is 1. The molecule has 0 spiro atoms. The van der Waals surface area contributed by atoms with E-state index in [1.807, 2.05) is 37.3 Å². The van der Waals surface area contributed by atoms with Gasteiger partial charge in [0.1, 0.15) is 5.82 Å². The molecule has 0 bridgehead atoms. The smallest absolute Gasteiger partial charge is 0.231 e. The van der Waals surface area contributed by atoms with E-state index in [2.05, 4.69) is 5.32 Å². The summed E-state index contributed by atoms with van der Waals surface area (Å²) in [5.74, 6) is -0.826. The summed E-state index contributed by atoms with van der Waals surface area (Å²) in [5, 5.41) is 2.68. The fourth-order valence-electron chi connectivity index (χ4n) is 2.21. The lowest BCUT2D eigenvalue weighted by Gasteiger charge is -2.16. The van der Waals surface area contributed by atoms with Crippen LogP contribution in [0.4, 0.5) is 10.1 Å². The van der Waals surface area contributed by atoms with Crippen molar-refractivity contribution in [2.75, 3.05) is 5.32 Å². The van der Waals surface area contributed by atoms with Crippen molar-refractivity contribution in [2.45, 2.75) is 25.7 Å². The van der Waals surface area contributed by atoms with Crippen molar-refractivity contribution >= 4 is 11.6 Å². The van der Waals surface area contributed by atoms with Gasteiger partial charge in [-0.05, 0) is 24.1 Å². The number of anilines is 1. The average molecular weight is 271 g/mol. The zero-order valence-corrected chi connectivity index (χ0v) is 11.5. The van der Waals surface area contributed by atoms with Gasteiger partial charge in [0.2, 0.25) is 5.91 Å². The molecule has 0 fully saturated rings. The van der Waals surface area contributed by atoms with Gasteiger partial charge in [0, 0.05) is 0 Å². The van der Waals surface area contributed by atoms with Crippen LogP contribution in [-0.4, -0.2) is 5.91 Å². The third-order valence-electron chi connectivity index (χ3n) is 3.23. The zero-order chi connectivity index (χ0) is 14.4. The molecule has 2 rings (SSSR count). The second-order valence-electron chi connectivity index (χ2n) is 4.72. The second kappa shape index (κ2) is 6.85. The molecule has 0 aliphatic rings. The van der Waals surface area contributed by atoms with Crippen molar-refractivity contribution in [3.63, 3.8) is 0 Å². The van der Waals surface area contributed by atoms with E-state index < -0.39 is 5.82 Å². The van der Waals surface area contributed by atoms with Crippen LogP contribution in [0, 0.1) is 5.82 Å². The van der Waals surface area contributed by atoms with Crippen LogP contribution >= 0.6 is 0 Å². The Bertz CT molecular complexity index is 568. The van der Waals surface area contributed by atoms with Gasteiger partial charge >= 0.3 is 0 Å². The molecule has 104 valence electrons. The van der Waals surface area contributed by atoms with Crippen molar-refractivity contribution in [3.05, 3.63) is 66.0 Å². The lowest BCUT2D eigenvalue weighted by Crippen LogP contribution is -2.21. The average Bonchev–Trinajstić information content (AvgIpc) is 2.48. The van der Waals surface area contributed by atoms with E-state index in [9.17, 15) is 9.18 Å². The van der Waals surface area contributed by atoms with E-state index in [4.69, 9.17) is 0 Å². The number of nitrogens with one attached hydrogen (secondary N) is 1. The predicted molar refractivity (Wildman–Crippen MR) is 79.1 cm³/mol. The molecule has 2 nitrogen and oxygen atoms in total. The maximum atomic E-state index is 13.6. The molecule has 1 N–H and O–H groups in total. The molecule has 2 aromatic carbocycles.